The maximum absolute atomic E-state index is 4.49. The van der Waals surface area contributed by atoms with Gasteiger partial charge in [-0.15, -0.1) is 6.58 Å². The van der Waals surface area contributed by atoms with Crippen LogP contribution in [0.3, 0.4) is 0 Å². The Morgan fingerprint density at radius 2 is 1.89 bits per heavy atom. The summed E-state index contributed by atoms with van der Waals surface area (Å²) in [6, 6.07) is 6.40. The number of aryl methyl sites for hydroxylation is 3. The van der Waals surface area contributed by atoms with Crippen LogP contribution in [-0.2, 0) is 6.54 Å². The lowest BCUT2D eigenvalue weighted by molar-refractivity contribution is 0.832. The van der Waals surface area contributed by atoms with Crippen molar-refractivity contribution in [3.05, 3.63) is 53.9 Å². The molecule has 1 N–H and O–H groups in total. The number of imidazole rings is 1. The third-order valence-corrected chi connectivity index (χ3v) is 2.70. The van der Waals surface area contributed by atoms with Gasteiger partial charge in [0.2, 0.25) is 5.95 Å². The number of rotatable bonds is 4. The van der Waals surface area contributed by atoms with E-state index in [4.69, 9.17) is 0 Å². The Kier molecular flexibility index (Phi) is 3.51. The van der Waals surface area contributed by atoms with Gasteiger partial charge in [0.1, 0.15) is 0 Å². The van der Waals surface area contributed by atoms with Crippen molar-refractivity contribution in [3.63, 3.8) is 0 Å². The van der Waals surface area contributed by atoms with Gasteiger partial charge in [0, 0.05) is 18.4 Å². The summed E-state index contributed by atoms with van der Waals surface area (Å²) in [4.78, 5) is 4.49. The van der Waals surface area contributed by atoms with Crippen molar-refractivity contribution in [1.82, 2.24) is 9.55 Å². The van der Waals surface area contributed by atoms with E-state index >= 15 is 0 Å². The maximum atomic E-state index is 4.49. The molecule has 0 aliphatic heterocycles. The predicted molar refractivity (Wildman–Crippen MR) is 76.4 cm³/mol. The van der Waals surface area contributed by atoms with Crippen molar-refractivity contribution in [2.24, 2.45) is 0 Å². The third kappa shape index (κ3) is 2.80. The molecular formula is C15H19N3. The topological polar surface area (TPSA) is 29.9 Å². The molecule has 0 bridgehead atoms. The number of allylic oxidation sites excluding steroid dienone is 1. The van der Waals surface area contributed by atoms with Crippen molar-refractivity contribution in [2.75, 3.05) is 5.32 Å². The van der Waals surface area contributed by atoms with Crippen LogP contribution in [0.2, 0.25) is 0 Å². The van der Waals surface area contributed by atoms with E-state index in [1.165, 1.54) is 11.1 Å². The van der Waals surface area contributed by atoms with Crippen LogP contribution in [0.5, 0.6) is 0 Å². The molecule has 1 aromatic carbocycles. The second-order valence-electron chi connectivity index (χ2n) is 4.65. The molecule has 3 heteroatoms. The van der Waals surface area contributed by atoms with E-state index in [1.54, 1.807) is 0 Å². The van der Waals surface area contributed by atoms with E-state index in [0.29, 0.717) is 0 Å². The van der Waals surface area contributed by atoms with Gasteiger partial charge in [-0.1, -0.05) is 12.1 Å². The molecule has 0 aliphatic rings. The van der Waals surface area contributed by atoms with Crippen LogP contribution in [0.15, 0.2) is 37.1 Å². The van der Waals surface area contributed by atoms with Crippen molar-refractivity contribution in [1.29, 1.82) is 0 Å². The Morgan fingerprint density at radius 1 is 1.22 bits per heavy atom. The van der Waals surface area contributed by atoms with Crippen molar-refractivity contribution in [2.45, 2.75) is 27.3 Å². The van der Waals surface area contributed by atoms with Gasteiger partial charge in [-0.25, -0.2) is 4.98 Å². The van der Waals surface area contributed by atoms with Crippen molar-refractivity contribution < 1.29 is 0 Å². The Bertz CT molecular complexity index is 547. The molecule has 18 heavy (non-hydrogen) atoms. The molecule has 0 aliphatic carbocycles. The molecule has 3 nitrogen and oxygen atoms in total. The molecule has 94 valence electrons. The molecule has 0 fully saturated rings. The summed E-state index contributed by atoms with van der Waals surface area (Å²) in [7, 11) is 0. The first-order valence-electron chi connectivity index (χ1n) is 6.08. The SMILES string of the molecule is C=CCn1cc(C)nc1Nc1cc(C)cc(C)c1. The Morgan fingerprint density at radius 3 is 2.50 bits per heavy atom. The van der Waals surface area contributed by atoms with Gasteiger partial charge >= 0.3 is 0 Å². The minimum Gasteiger partial charge on any atom is -0.326 e. The smallest absolute Gasteiger partial charge is 0.207 e. The van der Waals surface area contributed by atoms with Crippen LogP contribution < -0.4 is 5.32 Å². The summed E-state index contributed by atoms with van der Waals surface area (Å²) in [5.41, 5.74) is 4.57. The quantitative estimate of drug-likeness (QED) is 0.826. The first-order valence-corrected chi connectivity index (χ1v) is 6.08. The molecule has 0 atom stereocenters. The average molecular weight is 241 g/mol. The average Bonchev–Trinajstić information content (AvgIpc) is 2.58. The highest BCUT2D eigenvalue weighted by Crippen LogP contribution is 2.19. The zero-order chi connectivity index (χ0) is 13.1. The molecule has 2 aromatic rings. The molecule has 0 amide bonds. The van der Waals surface area contributed by atoms with Gasteiger partial charge in [-0.3, -0.25) is 0 Å². The van der Waals surface area contributed by atoms with E-state index in [2.05, 4.69) is 53.5 Å². The number of aromatic nitrogens is 2. The van der Waals surface area contributed by atoms with Crippen molar-refractivity contribution in [3.8, 4) is 0 Å². The normalized spacial score (nSPS) is 10.4. The number of hydrogen-bond donors (Lipinski definition) is 1. The largest absolute Gasteiger partial charge is 0.326 e. The first kappa shape index (κ1) is 12.4. The fraction of sp³-hybridized carbons (Fsp3) is 0.267. The zero-order valence-corrected chi connectivity index (χ0v) is 11.2. The minimum atomic E-state index is 0.758. The van der Waals surface area contributed by atoms with Gasteiger partial charge in [-0.05, 0) is 44.0 Å². The van der Waals surface area contributed by atoms with Gasteiger partial charge in [0.25, 0.3) is 0 Å². The lowest BCUT2D eigenvalue weighted by Gasteiger charge is -2.09. The van der Waals surface area contributed by atoms with Gasteiger partial charge in [-0.2, -0.15) is 0 Å². The Labute approximate surface area is 108 Å². The highest BCUT2D eigenvalue weighted by Gasteiger charge is 2.05. The van der Waals surface area contributed by atoms with Crippen LogP contribution in [0.25, 0.3) is 0 Å². The molecule has 0 radical (unpaired) electrons. The van der Waals surface area contributed by atoms with E-state index in [-0.39, 0.29) is 0 Å². The summed E-state index contributed by atoms with van der Waals surface area (Å²) in [5, 5.41) is 3.36. The summed E-state index contributed by atoms with van der Waals surface area (Å²) in [5.74, 6) is 0.859. The molecule has 0 saturated carbocycles. The highest BCUT2D eigenvalue weighted by atomic mass is 15.2. The lowest BCUT2D eigenvalue weighted by atomic mass is 10.1. The molecule has 0 unspecified atom stereocenters. The summed E-state index contributed by atoms with van der Waals surface area (Å²) >= 11 is 0. The van der Waals surface area contributed by atoms with E-state index in [1.807, 2.05) is 19.2 Å². The second-order valence-corrected chi connectivity index (χ2v) is 4.65. The standard InChI is InChI=1S/C15H19N3/c1-5-6-18-10-13(4)16-15(18)17-14-8-11(2)7-12(3)9-14/h5,7-10H,1,6H2,2-4H3,(H,16,17). The summed E-state index contributed by atoms with van der Waals surface area (Å²) < 4.78 is 2.06. The molecule has 0 saturated heterocycles. The van der Waals surface area contributed by atoms with Gasteiger partial charge in [0.05, 0.1) is 5.69 Å². The number of benzene rings is 1. The molecule has 1 aromatic heterocycles. The third-order valence-electron chi connectivity index (χ3n) is 2.70. The summed E-state index contributed by atoms with van der Waals surface area (Å²) in [6.07, 6.45) is 3.89. The predicted octanol–water partition coefficient (Wildman–Crippen LogP) is 3.74. The first-order chi connectivity index (χ1) is 8.58. The van der Waals surface area contributed by atoms with Gasteiger partial charge < -0.3 is 9.88 Å². The fourth-order valence-corrected chi connectivity index (χ4v) is 2.10. The Balaban J connectivity index is 2.30. The number of hydrogen-bond acceptors (Lipinski definition) is 2. The van der Waals surface area contributed by atoms with E-state index in [0.717, 1.165) is 23.9 Å². The summed E-state index contributed by atoms with van der Waals surface area (Å²) in [6.45, 7) is 10.7. The van der Waals surface area contributed by atoms with Crippen LogP contribution in [0.4, 0.5) is 11.6 Å². The van der Waals surface area contributed by atoms with Crippen LogP contribution in [0, 0.1) is 20.8 Å². The van der Waals surface area contributed by atoms with Crippen LogP contribution >= 0.6 is 0 Å². The number of nitrogens with zero attached hydrogens (tertiary/aromatic N) is 2. The molecule has 1 heterocycles. The Hall–Kier alpha value is -2.03. The minimum absolute atomic E-state index is 0.758. The lowest BCUT2D eigenvalue weighted by Crippen LogP contribution is -2.02. The molecule has 2 rings (SSSR count). The monoisotopic (exact) mass is 241 g/mol. The zero-order valence-electron chi connectivity index (χ0n) is 11.2. The highest BCUT2D eigenvalue weighted by molar-refractivity contribution is 5.56. The number of nitrogens with one attached hydrogen (secondary N) is 1. The van der Waals surface area contributed by atoms with Crippen molar-refractivity contribution >= 4 is 11.6 Å². The maximum Gasteiger partial charge on any atom is 0.207 e. The van der Waals surface area contributed by atoms with Crippen LogP contribution in [-0.4, -0.2) is 9.55 Å². The molecule has 0 spiro atoms. The molecular weight excluding hydrogens is 222 g/mol. The number of anilines is 2. The fourth-order valence-electron chi connectivity index (χ4n) is 2.10. The van der Waals surface area contributed by atoms with Gasteiger partial charge in [0.15, 0.2) is 0 Å². The second kappa shape index (κ2) is 5.08. The van der Waals surface area contributed by atoms with Crippen LogP contribution in [0.1, 0.15) is 16.8 Å². The van der Waals surface area contributed by atoms with E-state index in [9.17, 15) is 0 Å². The van der Waals surface area contributed by atoms with E-state index < -0.39 is 0 Å².